The highest BCUT2D eigenvalue weighted by atomic mass is 16.5. The molecule has 1 heterocycles. The van der Waals surface area contributed by atoms with Crippen LogP contribution in [0.2, 0.25) is 0 Å². The van der Waals surface area contributed by atoms with Gasteiger partial charge in [0.05, 0.1) is 5.92 Å². The number of rotatable bonds is 9. The minimum atomic E-state index is -1.20. The Bertz CT molecular complexity index is 769. The number of carboxylic acids is 2. The number of para-hydroxylation sites is 1. The Morgan fingerprint density at radius 3 is 2.52 bits per heavy atom. The summed E-state index contributed by atoms with van der Waals surface area (Å²) in [5, 5.41) is 21.5. The molecule has 0 aliphatic rings. The van der Waals surface area contributed by atoms with Crippen LogP contribution in [0.5, 0.6) is 5.75 Å². The maximum absolute atomic E-state index is 11.4. The molecule has 8 nitrogen and oxygen atoms in total. The van der Waals surface area contributed by atoms with E-state index in [1.165, 1.54) is 6.92 Å². The summed E-state index contributed by atoms with van der Waals surface area (Å²) in [6, 6.07) is 6.34. The SMILES string of the molecule is CC(=O)NC(CCC(COc1c[nH]c2ccccc12)C(=O)O)C(=O)O. The van der Waals surface area contributed by atoms with E-state index in [4.69, 9.17) is 9.84 Å². The average Bonchev–Trinajstić information content (AvgIpc) is 2.96. The Morgan fingerprint density at radius 2 is 1.88 bits per heavy atom. The Balaban J connectivity index is 1.97. The van der Waals surface area contributed by atoms with Gasteiger partial charge in [0.25, 0.3) is 0 Å². The summed E-state index contributed by atoms with van der Waals surface area (Å²) in [5.41, 5.74) is 0.876. The van der Waals surface area contributed by atoms with Crippen LogP contribution >= 0.6 is 0 Å². The molecular weight excluding hydrogens is 328 g/mol. The molecule has 0 radical (unpaired) electrons. The average molecular weight is 348 g/mol. The number of carbonyl (C=O) groups excluding carboxylic acids is 1. The monoisotopic (exact) mass is 348 g/mol. The van der Waals surface area contributed by atoms with Crippen LogP contribution in [0.25, 0.3) is 10.9 Å². The smallest absolute Gasteiger partial charge is 0.326 e. The molecule has 1 aromatic carbocycles. The molecule has 0 saturated heterocycles. The fourth-order valence-electron chi connectivity index (χ4n) is 2.50. The third-order valence-corrected chi connectivity index (χ3v) is 3.82. The number of aliphatic carboxylic acids is 2. The number of hydrogen-bond donors (Lipinski definition) is 4. The maximum Gasteiger partial charge on any atom is 0.326 e. The second kappa shape index (κ2) is 8.18. The molecule has 0 saturated carbocycles. The van der Waals surface area contributed by atoms with Gasteiger partial charge in [0.15, 0.2) is 0 Å². The second-order valence-electron chi connectivity index (χ2n) is 5.71. The molecule has 1 amide bonds. The molecule has 2 aromatic rings. The molecule has 0 aliphatic carbocycles. The van der Waals surface area contributed by atoms with Gasteiger partial charge in [-0.3, -0.25) is 9.59 Å². The van der Waals surface area contributed by atoms with E-state index < -0.39 is 29.8 Å². The number of nitrogens with one attached hydrogen (secondary N) is 2. The quantitative estimate of drug-likeness (QED) is 0.545. The summed E-state index contributed by atoms with van der Waals surface area (Å²) in [6.07, 6.45) is 1.72. The van der Waals surface area contributed by atoms with Crippen molar-refractivity contribution in [1.29, 1.82) is 0 Å². The number of aromatic nitrogens is 1. The van der Waals surface area contributed by atoms with Crippen LogP contribution in [0.15, 0.2) is 30.5 Å². The molecule has 0 fully saturated rings. The lowest BCUT2D eigenvalue weighted by Crippen LogP contribution is -2.40. The first-order valence-electron chi connectivity index (χ1n) is 7.80. The van der Waals surface area contributed by atoms with Crippen LogP contribution in [0.3, 0.4) is 0 Å². The lowest BCUT2D eigenvalue weighted by Gasteiger charge is -2.17. The number of ether oxygens (including phenoxy) is 1. The summed E-state index contributed by atoms with van der Waals surface area (Å²) in [6.45, 7) is 1.12. The third kappa shape index (κ3) is 4.97. The van der Waals surface area contributed by atoms with Crippen molar-refractivity contribution in [3.05, 3.63) is 30.5 Å². The summed E-state index contributed by atoms with van der Waals surface area (Å²) >= 11 is 0. The topological polar surface area (TPSA) is 129 Å². The summed E-state index contributed by atoms with van der Waals surface area (Å²) in [7, 11) is 0. The van der Waals surface area contributed by atoms with Crippen molar-refractivity contribution in [1.82, 2.24) is 10.3 Å². The van der Waals surface area contributed by atoms with E-state index in [2.05, 4.69) is 10.3 Å². The van der Waals surface area contributed by atoms with Crippen molar-refractivity contribution < 1.29 is 29.3 Å². The molecule has 25 heavy (non-hydrogen) atoms. The Labute approximate surface area is 143 Å². The molecule has 0 bridgehead atoms. The molecule has 0 spiro atoms. The van der Waals surface area contributed by atoms with Gasteiger partial charge in [0, 0.05) is 24.0 Å². The number of H-pyrrole nitrogens is 1. The van der Waals surface area contributed by atoms with Crippen LogP contribution in [0.1, 0.15) is 19.8 Å². The van der Waals surface area contributed by atoms with Crippen molar-refractivity contribution in [2.75, 3.05) is 6.61 Å². The molecule has 1 aromatic heterocycles. The predicted octanol–water partition coefficient (Wildman–Crippen LogP) is 1.62. The zero-order valence-electron chi connectivity index (χ0n) is 13.7. The van der Waals surface area contributed by atoms with Gasteiger partial charge in [0.2, 0.25) is 5.91 Å². The van der Waals surface area contributed by atoms with Crippen LogP contribution in [-0.2, 0) is 14.4 Å². The molecular formula is C17H20N2O6. The number of amides is 1. The number of fused-ring (bicyclic) bond motifs is 1. The molecule has 8 heteroatoms. The van der Waals surface area contributed by atoms with Crippen molar-refractivity contribution >= 4 is 28.7 Å². The van der Waals surface area contributed by atoms with E-state index in [1.807, 2.05) is 24.3 Å². The first-order chi connectivity index (χ1) is 11.9. The normalized spacial score (nSPS) is 13.2. The molecule has 2 unspecified atom stereocenters. The number of carboxylic acid groups (broad SMARTS) is 2. The van der Waals surface area contributed by atoms with Crippen LogP contribution in [0.4, 0.5) is 0 Å². The largest absolute Gasteiger partial charge is 0.490 e. The van der Waals surface area contributed by atoms with Gasteiger partial charge in [-0.15, -0.1) is 0 Å². The lowest BCUT2D eigenvalue weighted by molar-refractivity contribution is -0.145. The van der Waals surface area contributed by atoms with E-state index >= 15 is 0 Å². The summed E-state index contributed by atoms with van der Waals surface area (Å²) in [4.78, 5) is 36.6. The fraction of sp³-hybridized carbons (Fsp3) is 0.353. The van der Waals surface area contributed by atoms with Gasteiger partial charge in [-0.1, -0.05) is 12.1 Å². The van der Waals surface area contributed by atoms with Crippen molar-refractivity contribution in [2.24, 2.45) is 5.92 Å². The number of carbonyl (C=O) groups is 3. The van der Waals surface area contributed by atoms with Crippen molar-refractivity contribution in [3.8, 4) is 5.75 Å². The Morgan fingerprint density at radius 1 is 1.16 bits per heavy atom. The van der Waals surface area contributed by atoms with Gasteiger partial charge in [-0.05, 0) is 25.0 Å². The van der Waals surface area contributed by atoms with E-state index in [0.717, 1.165) is 10.9 Å². The molecule has 2 rings (SSSR count). The standard InChI is InChI=1S/C17H20N2O6/c1-10(20)19-14(17(23)24)7-6-11(16(21)22)9-25-15-8-18-13-5-3-2-4-12(13)15/h2-5,8,11,14,18H,6-7,9H2,1H3,(H,19,20)(H,21,22)(H,23,24). The van der Waals surface area contributed by atoms with Crippen LogP contribution in [-0.4, -0.2) is 45.7 Å². The second-order valence-corrected chi connectivity index (χ2v) is 5.71. The number of benzene rings is 1. The minimum Gasteiger partial charge on any atom is -0.490 e. The van der Waals surface area contributed by atoms with Gasteiger partial charge in [-0.25, -0.2) is 4.79 Å². The molecule has 0 aliphatic heterocycles. The number of aromatic amines is 1. The van der Waals surface area contributed by atoms with Crippen LogP contribution in [0, 0.1) is 5.92 Å². The van der Waals surface area contributed by atoms with Crippen molar-refractivity contribution in [2.45, 2.75) is 25.8 Å². The van der Waals surface area contributed by atoms with E-state index in [1.54, 1.807) is 6.20 Å². The Hall–Kier alpha value is -3.03. The molecule has 4 N–H and O–H groups in total. The fourth-order valence-corrected chi connectivity index (χ4v) is 2.50. The minimum absolute atomic E-state index is 0.00310. The summed E-state index contributed by atoms with van der Waals surface area (Å²) in [5.74, 6) is -3.10. The zero-order chi connectivity index (χ0) is 18.4. The first kappa shape index (κ1) is 18.3. The van der Waals surface area contributed by atoms with E-state index in [-0.39, 0.29) is 19.4 Å². The van der Waals surface area contributed by atoms with Crippen molar-refractivity contribution in [3.63, 3.8) is 0 Å². The highest BCUT2D eigenvalue weighted by molar-refractivity contribution is 5.86. The number of hydrogen-bond acceptors (Lipinski definition) is 4. The molecule has 134 valence electrons. The Kier molecular flexibility index (Phi) is 5.99. The van der Waals surface area contributed by atoms with Gasteiger partial charge in [0.1, 0.15) is 18.4 Å². The zero-order valence-corrected chi connectivity index (χ0v) is 13.7. The van der Waals surface area contributed by atoms with Gasteiger partial charge >= 0.3 is 11.9 Å². The molecule has 2 atom stereocenters. The van der Waals surface area contributed by atoms with E-state index in [0.29, 0.717) is 5.75 Å². The third-order valence-electron chi connectivity index (χ3n) is 3.82. The highest BCUT2D eigenvalue weighted by Gasteiger charge is 2.24. The van der Waals surface area contributed by atoms with Gasteiger partial charge < -0.3 is 25.3 Å². The van der Waals surface area contributed by atoms with E-state index in [9.17, 15) is 19.5 Å². The lowest BCUT2D eigenvalue weighted by atomic mass is 10.0. The van der Waals surface area contributed by atoms with Gasteiger partial charge in [-0.2, -0.15) is 0 Å². The predicted molar refractivity (Wildman–Crippen MR) is 89.4 cm³/mol. The highest BCUT2D eigenvalue weighted by Crippen LogP contribution is 2.25. The van der Waals surface area contributed by atoms with Crippen LogP contribution < -0.4 is 10.1 Å². The summed E-state index contributed by atoms with van der Waals surface area (Å²) < 4.78 is 5.61. The maximum atomic E-state index is 11.4. The first-order valence-corrected chi connectivity index (χ1v) is 7.80.